The molecule has 0 aliphatic carbocycles. The van der Waals surface area contributed by atoms with Gasteiger partial charge in [0.05, 0.1) is 6.04 Å². The minimum absolute atomic E-state index is 0. The number of likely N-dealkylation sites (N-methyl/N-ethyl adjacent to an activating group) is 1. The molecule has 128 valence electrons. The van der Waals surface area contributed by atoms with E-state index in [-0.39, 0.29) is 18.4 Å². The van der Waals surface area contributed by atoms with Crippen molar-refractivity contribution in [3.63, 3.8) is 0 Å². The van der Waals surface area contributed by atoms with Gasteiger partial charge in [0, 0.05) is 25.0 Å². The van der Waals surface area contributed by atoms with Crippen LogP contribution in [0, 0.1) is 6.92 Å². The summed E-state index contributed by atoms with van der Waals surface area (Å²) in [5.74, 6) is 2.77. The lowest BCUT2D eigenvalue weighted by Crippen LogP contribution is -2.44. The lowest BCUT2D eigenvalue weighted by Gasteiger charge is -2.30. The second-order valence-electron chi connectivity index (χ2n) is 5.61. The first kappa shape index (κ1) is 17.1. The highest BCUT2D eigenvalue weighted by Crippen LogP contribution is 2.30. The molecule has 0 saturated carbocycles. The van der Waals surface area contributed by atoms with Crippen molar-refractivity contribution < 1.29 is 8.94 Å². The van der Waals surface area contributed by atoms with E-state index >= 15 is 0 Å². The minimum atomic E-state index is 0. The number of furan rings is 1. The third-order valence-corrected chi connectivity index (χ3v) is 4.78. The molecule has 0 aromatic carbocycles. The number of piperazine rings is 1. The van der Waals surface area contributed by atoms with Crippen molar-refractivity contribution in [1.82, 2.24) is 25.3 Å². The molecule has 3 aromatic rings. The Hall–Kier alpha value is -1.74. The van der Waals surface area contributed by atoms with E-state index in [9.17, 15) is 0 Å². The van der Waals surface area contributed by atoms with Crippen LogP contribution in [-0.4, -0.2) is 46.7 Å². The van der Waals surface area contributed by atoms with Gasteiger partial charge >= 0.3 is 0 Å². The van der Waals surface area contributed by atoms with Gasteiger partial charge in [0.15, 0.2) is 16.6 Å². The molecule has 1 aliphatic heterocycles. The van der Waals surface area contributed by atoms with Crippen LogP contribution in [-0.2, 0) is 0 Å². The summed E-state index contributed by atoms with van der Waals surface area (Å²) in [6.07, 6.45) is 0. The molecule has 0 radical (unpaired) electrons. The predicted molar refractivity (Wildman–Crippen MR) is 93.3 cm³/mol. The lowest BCUT2D eigenvalue weighted by molar-refractivity contribution is 0.190. The van der Waals surface area contributed by atoms with Gasteiger partial charge in [-0.05, 0) is 26.1 Å². The van der Waals surface area contributed by atoms with E-state index in [1.807, 2.05) is 24.4 Å². The third-order valence-electron chi connectivity index (χ3n) is 3.93. The van der Waals surface area contributed by atoms with Crippen molar-refractivity contribution in [2.24, 2.45) is 0 Å². The van der Waals surface area contributed by atoms with Crippen molar-refractivity contribution >= 4 is 23.7 Å². The van der Waals surface area contributed by atoms with Crippen LogP contribution in [0.15, 0.2) is 26.5 Å². The molecule has 1 atom stereocenters. The fourth-order valence-electron chi connectivity index (χ4n) is 2.60. The van der Waals surface area contributed by atoms with Crippen molar-refractivity contribution in [2.75, 3.05) is 26.7 Å². The largest absolute Gasteiger partial charge is 0.459 e. The number of rotatable bonds is 3. The van der Waals surface area contributed by atoms with Crippen molar-refractivity contribution in [1.29, 1.82) is 0 Å². The number of halogens is 1. The van der Waals surface area contributed by atoms with Gasteiger partial charge in [-0.2, -0.15) is 4.98 Å². The molecule has 1 saturated heterocycles. The van der Waals surface area contributed by atoms with E-state index in [0.29, 0.717) is 17.4 Å². The average Bonchev–Trinajstić information content (AvgIpc) is 3.27. The van der Waals surface area contributed by atoms with E-state index in [1.54, 1.807) is 0 Å². The minimum Gasteiger partial charge on any atom is -0.459 e. The molecule has 4 heterocycles. The fraction of sp³-hybridized carbons (Fsp3) is 0.400. The zero-order valence-electron chi connectivity index (χ0n) is 13.4. The van der Waals surface area contributed by atoms with Gasteiger partial charge in [-0.1, -0.05) is 5.16 Å². The maximum absolute atomic E-state index is 5.60. The SMILES string of the molecule is Cc1ccc(-c2nc(-c3nc(C4CNCCN4C)no3)cs2)o1.Cl. The van der Waals surface area contributed by atoms with Crippen LogP contribution >= 0.6 is 23.7 Å². The molecule has 9 heteroatoms. The Bertz CT molecular complexity index is 814. The summed E-state index contributed by atoms with van der Waals surface area (Å²) in [5.41, 5.74) is 0.684. The van der Waals surface area contributed by atoms with Crippen LogP contribution in [0.1, 0.15) is 17.6 Å². The Morgan fingerprint density at radius 2 is 2.21 bits per heavy atom. The van der Waals surface area contributed by atoms with Crippen LogP contribution in [0.2, 0.25) is 0 Å². The van der Waals surface area contributed by atoms with E-state index in [0.717, 1.165) is 36.2 Å². The Morgan fingerprint density at radius 1 is 1.33 bits per heavy atom. The number of hydrogen-bond donors (Lipinski definition) is 1. The van der Waals surface area contributed by atoms with Gasteiger partial charge in [0.2, 0.25) is 0 Å². The van der Waals surface area contributed by atoms with Crippen molar-refractivity contribution in [2.45, 2.75) is 13.0 Å². The highest BCUT2D eigenvalue weighted by molar-refractivity contribution is 7.13. The number of aryl methyl sites for hydroxylation is 1. The maximum Gasteiger partial charge on any atom is 0.277 e. The summed E-state index contributed by atoms with van der Waals surface area (Å²) < 4.78 is 11.0. The summed E-state index contributed by atoms with van der Waals surface area (Å²) in [5, 5.41) is 10.2. The van der Waals surface area contributed by atoms with Crippen molar-refractivity contribution in [3.05, 3.63) is 29.1 Å². The molecule has 1 unspecified atom stereocenters. The summed E-state index contributed by atoms with van der Waals surface area (Å²) in [6, 6.07) is 3.97. The number of nitrogens with one attached hydrogen (secondary N) is 1. The molecular weight excluding hydrogens is 350 g/mol. The quantitative estimate of drug-likeness (QED) is 0.762. The molecule has 7 nitrogen and oxygen atoms in total. The zero-order valence-corrected chi connectivity index (χ0v) is 15.0. The second kappa shape index (κ2) is 7.02. The smallest absolute Gasteiger partial charge is 0.277 e. The molecule has 3 aromatic heterocycles. The van der Waals surface area contributed by atoms with E-state index < -0.39 is 0 Å². The molecule has 1 fully saturated rings. The molecular formula is C15H18ClN5O2S. The highest BCUT2D eigenvalue weighted by atomic mass is 35.5. The van der Waals surface area contributed by atoms with Gasteiger partial charge in [0.25, 0.3) is 5.89 Å². The van der Waals surface area contributed by atoms with Crippen LogP contribution < -0.4 is 5.32 Å². The predicted octanol–water partition coefficient (Wildman–Crippen LogP) is 2.76. The van der Waals surface area contributed by atoms with E-state index in [2.05, 4.69) is 32.4 Å². The monoisotopic (exact) mass is 367 g/mol. The first-order valence-electron chi connectivity index (χ1n) is 7.48. The highest BCUT2D eigenvalue weighted by Gasteiger charge is 2.26. The van der Waals surface area contributed by atoms with E-state index in [1.165, 1.54) is 11.3 Å². The van der Waals surface area contributed by atoms with Gasteiger partial charge in [-0.25, -0.2) is 4.98 Å². The standard InChI is InChI=1S/C15H17N5O2S.ClH/c1-9-3-4-12(21-9)15-17-10(8-23-15)14-18-13(19-22-14)11-7-16-5-6-20(11)2;/h3-4,8,11,16H,5-7H2,1-2H3;1H. The first-order valence-corrected chi connectivity index (χ1v) is 8.36. The summed E-state index contributed by atoms with van der Waals surface area (Å²) in [4.78, 5) is 11.3. The second-order valence-corrected chi connectivity index (χ2v) is 6.46. The zero-order chi connectivity index (χ0) is 15.8. The molecule has 0 amide bonds. The van der Waals surface area contributed by atoms with E-state index in [4.69, 9.17) is 8.94 Å². The molecule has 0 spiro atoms. The molecule has 4 rings (SSSR count). The van der Waals surface area contributed by atoms with Gasteiger partial charge in [-0.3, -0.25) is 4.90 Å². The Balaban J connectivity index is 0.00000169. The lowest BCUT2D eigenvalue weighted by atomic mass is 10.2. The Kier molecular flexibility index (Phi) is 5.00. The van der Waals surface area contributed by atoms with Gasteiger partial charge < -0.3 is 14.3 Å². The number of aromatic nitrogens is 3. The molecule has 24 heavy (non-hydrogen) atoms. The molecule has 0 bridgehead atoms. The van der Waals surface area contributed by atoms with Gasteiger partial charge in [0.1, 0.15) is 11.5 Å². The first-order chi connectivity index (χ1) is 11.2. The van der Waals surface area contributed by atoms with Gasteiger partial charge in [-0.15, -0.1) is 23.7 Å². The van der Waals surface area contributed by atoms with Crippen LogP contribution in [0.25, 0.3) is 22.4 Å². The number of nitrogens with zero attached hydrogens (tertiary/aromatic N) is 4. The number of thiazole rings is 1. The Labute approximate surface area is 149 Å². The maximum atomic E-state index is 5.60. The average molecular weight is 368 g/mol. The Morgan fingerprint density at radius 3 is 2.96 bits per heavy atom. The summed E-state index contributed by atoms with van der Waals surface area (Å²) in [6.45, 7) is 4.68. The summed E-state index contributed by atoms with van der Waals surface area (Å²) >= 11 is 1.50. The molecule has 1 aliphatic rings. The summed E-state index contributed by atoms with van der Waals surface area (Å²) in [7, 11) is 2.07. The normalized spacial score (nSPS) is 18.5. The van der Waals surface area contributed by atoms with Crippen LogP contribution in [0.3, 0.4) is 0 Å². The van der Waals surface area contributed by atoms with Crippen LogP contribution in [0.4, 0.5) is 0 Å². The van der Waals surface area contributed by atoms with Crippen molar-refractivity contribution in [3.8, 4) is 22.4 Å². The molecule has 1 N–H and O–H groups in total. The third kappa shape index (κ3) is 3.23. The van der Waals surface area contributed by atoms with Crippen LogP contribution in [0.5, 0.6) is 0 Å². The number of hydrogen-bond acceptors (Lipinski definition) is 8. The fourth-order valence-corrected chi connectivity index (χ4v) is 3.36. The topological polar surface area (TPSA) is 80.2 Å².